The second-order valence-corrected chi connectivity index (χ2v) is 11.6. The summed E-state index contributed by atoms with van der Waals surface area (Å²) >= 11 is 1.51. The fourth-order valence-corrected chi connectivity index (χ4v) is 4.93. The molecule has 2 aromatic rings. The zero-order valence-corrected chi connectivity index (χ0v) is 23.1. The molecule has 1 amide bonds. The number of hydrogen-bond acceptors (Lipinski definition) is 7. The number of carbonyl (C=O) groups is 2. The van der Waals surface area contributed by atoms with E-state index in [0.29, 0.717) is 34.6 Å². The Morgan fingerprint density at radius 2 is 1.69 bits per heavy atom. The number of amides is 1. The quantitative estimate of drug-likeness (QED) is 0.272. The molecule has 0 saturated carbocycles. The number of esters is 1. The number of alkyl carbamates (subject to hydrolysis) is 1. The Balaban J connectivity index is 2.04. The molecule has 0 heterocycles. The highest BCUT2D eigenvalue weighted by molar-refractivity contribution is 7.98. The average Bonchev–Trinajstić information content (AvgIpc) is 2.76. The molecule has 0 spiro atoms. The van der Waals surface area contributed by atoms with Crippen LogP contribution in [0.5, 0.6) is 11.5 Å². The maximum absolute atomic E-state index is 12.9. The van der Waals surface area contributed by atoms with Gasteiger partial charge in [-0.1, -0.05) is 44.2 Å². The van der Waals surface area contributed by atoms with E-state index in [-0.39, 0.29) is 18.1 Å². The van der Waals surface area contributed by atoms with Gasteiger partial charge in [0.2, 0.25) is 0 Å². The topological polar surface area (TPSA) is 105 Å². The fraction of sp³-hybridized carbons (Fsp3) is 0.500. The summed E-state index contributed by atoms with van der Waals surface area (Å²) in [6, 6.07) is 10.5. The molecule has 7 nitrogen and oxygen atoms in total. The van der Waals surface area contributed by atoms with Crippen molar-refractivity contribution in [2.75, 3.05) is 12.4 Å². The van der Waals surface area contributed by atoms with Gasteiger partial charge in [-0.25, -0.2) is 9.59 Å². The van der Waals surface area contributed by atoms with Crippen molar-refractivity contribution in [3.05, 3.63) is 58.7 Å². The molecule has 3 N–H and O–H groups in total. The van der Waals surface area contributed by atoms with Crippen molar-refractivity contribution in [3.63, 3.8) is 0 Å². The lowest BCUT2D eigenvalue weighted by molar-refractivity contribution is -0.145. The van der Waals surface area contributed by atoms with Gasteiger partial charge in [0.15, 0.2) is 0 Å². The standard InChI is InChI=1S/C28H39NO6S/c1-18-15-22(30)23(19(2)24(18)31)28(6,7)13-14-34-25(32)21(29-26(33)35-27(3,4)5)17-36-16-20-11-9-8-10-12-20/h8-12,15,21,30-31H,13-14,16-17H2,1-7H3,(H,29,33)/t21-/m0/s1. The zero-order chi connectivity index (χ0) is 27.1. The number of aromatic hydroxyl groups is 2. The van der Waals surface area contributed by atoms with Crippen molar-refractivity contribution in [2.45, 2.75) is 77.7 Å². The lowest BCUT2D eigenvalue weighted by Crippen LogP contribution is -2.46. The molecule has 0 aliphatic carbocycles. The molecule has 0 fully saturated rings. The Morgan fingerprint density at radius 3 is 2.31 bits per heavy atom. The van der Waals surface area contributed by atoms with Gasteiger partial charge in [0.1, 0.15) is 23.1 Å². The van der Waals surface area contributed by atoms with Crippen LogP contribution < -0.4 is 5.32 Å². The summed E-state index contributed by atoms with van der Waals surface area (Å²) in [5.41, 5.74) is 1.66. The molecule has 198 valence electrons. The number of aryl methyl sites for hydroxylation is 1. The van der Waals surface area contributed by atoms with E-state index < -0.39 is 29.1 Å². The molecule has 8 heteroatoms. The third-order valence-corrected chi connectivity index (χ3v) is 6.84. The number of phenols is 2. The number of hydrogen-bond donors (Lipinski definition) is 3. The summed E-state index contributed by atoms with van der Waals surface area (Å²) in [7, 11) is 0. The van der Waals surface area contributed by atoms with Crippen LogP contribution in [0.1, 0.15) is 63.3 Å². The molecule has 1 atom stereocenters. The highest BCUT2D eigenvalue weighted by atomic mass is 32.2. The van der Waals surface area contributed by atoms with Gasteiger partial charge in [-0.05, 0) is 69.2 Å². The first-order chi connectivity index (χ1) is 16.7. The lowest BCUT2D eigenvalue weighted by Gasteiger charge is -2.29. The minimum Gasteiger partial charge on any atom is -0.508 e. The van der Waals surface area contributed by atoms with Crippen LogP contribution in [0.25, 0.3) is 0 Å². The van der Waals surface area contributed by atoms with Gasteiger partial charge >= 0.3 is 12.1 Å². The van der Waals surface area contributed by atoms with Gasteiger partial charge in [-0.15, -0.1) is 0 Å². The number of phenolic OH excluding ortho intramolecular Hbond substituents is 2. The van der Waals surface area contributed by atoms with Crippen molar-refractivity contribution in [3.8, 4) is 11.5 Å². The summed E-state index contributed by atoms with van der Waals surface area (Å²) in [4.78, 5) is 25.3. The van der Waals surface area contributed by atoms with E-state index in [2.05, 4.69) is 5.32 Å². The number of nitrogens with one attached hydrogen (secondary N) is 1. The van der Waals surface area contributed by atoms with Crippen LogP contribution in [0.3, 0.4) is 0 Å². The maximum Gasteiger partial charge on any atom is 0.408 e. The van der Waals surface area contributed by atoms with Gasteiger partial charge in [0.05, 0.1) is 6.61 Å². The normalized spacial score (nSPS) is 12.6. The maximum atomic E-state index is 12.9. The van der Waals surface area contributed by atoms with Crippen molar-refractivity contribution >= 4 is 23.8 Å². The number of carbonyl (C=O) groups excluding carboxylic acids is 2. The SMILES string of the molecule is Cc1cc(O)c(C(C)(C)CCOC(=O)[C@H](CSCc2ccccc2)NC(=O)OC(C)(C)C)c(C)c1O. The molecular formula is C28H39NO6S. The number of thioether (sulfide) groups is 1. The van der Waals surface area contributed by atoms with E-state index in [1.165, 1.54) is 17.8 Å². The Kier molecular flexibility index (Phi) is 10.1. The highest BCUT2D eigenvalue weighted by Gasteiger charge is 2.30. The second-order valence-electron chi connectivity index (χ2n) is 10.6. The predicted octanol–water partition coefficient (Wildman–Crippen LogP) is 5.75. The number of benzene rings is 2. The van der Waals surface area contributed by atoms with Crippen LogP contribution in [0, 0.1) is 13.8 Å². The van der Waals surface area contributed by atoms with Crippen molar-refractivity contribution in [1.82, 2.24) is 5.32 Å². The van der Waals surface area contributed by atoms with E-state index in [1.54, 1.807) is 34.6 Å². The second kappa shape index (κ2) is 12.4. The minimum absolute atomic E-state index is 0.0786. The molecule has 0 aliphatic rings. The molecule has 0 bridgehead atoms. The Hall–Kier alpha value is -2.87. The lowest BCUT2D eigenvalue weighted by atomic mass is 9.78. The largest absolute Gasteiger partial charge is 0.508 e. The van der Waals surface area contributed by atoms with E-state index in [4.69, 9.17) is 9.47 Å². The summed E-state index contributed by atoms with van der Waals surface area (Å²) in [5, 5.41) is 23.5. The van der Waals surface area contributed by atoms with Crippen LogP contribution in [-0.4, -0.2) is 46.3 Å². The van der Waals surface area contributed by atoms with Crippen LogP contribution >= 0.6 is 11.8 Å². The van der Waals surface area contributed by atoms with E-state index in [9.17, 15) is 19.8 Å². The number of ether oxygens (including phenoxy) is 2. The van der Waals surface area contributed by atoms with Gasteiger partial charge in [-0.2, -0.15) is 11.8 Å². The first-order valence-corrected chi connectivity index (χ1v) is 13.2. The molecule has 0 radical (unpaired) electrons. The molecule has 2 aromatic carbocycles. The minimum atomic E-state index is -0.879. The third kappa shape index (κ3) is 8.66. The first kappa shape index (κ1) is 29.4. The Labute approximate surface area is 218 Å². The first-order valence-electron chi connectivity index (χ1n) is 12.0. The molecule has 0 aromatic heterocycles. The third-order valence-electron chi connectivity index (χ3n) is 5.73. The van der Waals surface area contributed by atoms with Crippen LogP contribution in [0.4, 0.5) is 4.79 Å². The zero-order valence-electron chi connectivity index (χ0n) is 22.3. The molecular weight excluding hydrogens is 478 g/mol. The van der Waals surface area contributed by atoms with Crippen LogP contribution in [0.15, 0.2) is 36.4 Å². The van der Waals surface area contributed by atoms with Crippen LogP contribution in [0.2, 0.25) is 0 Å². The molecule has 2 rings (SSSR count). The predicted molar refractivity (Wildman–Crippen MR) is 144 cm³/mol. The van der Waals surface area contributed by atoms with Gasteiger partial charge in [0.25, 0.3) is 0 Å². The van der Waals surface area contributed by atoms with E-state index in [0.717, 1.165) is 5.56 Å². The van der Waals surface area contributed by atoms with E-state index in [1.807, 2.05) is 44.2 Å². The van der Waals surface area contributed by atoms with Crippen molar-refractivity contribution in [1.29, 1.82) is 0 Å². The molecule has 0 aliphatic heterocycles. The Morgan fingerprint density at radius 1 is 1.06 bits per heavy atom. The van der Waals surface area contributed by atoms with E-state index >= 15 is 0 Å². The fourth-order valence-electron chi connectivity index (χ4n) is 3.93. The van der Waals surface area contributed by atoms with Crippen molar-refractivity contribution < 1.29 is 29.3 Å². The molecule has 0 saturated heterocycles. The highest BCUT2D eigenvalue weighted by Crippen LogP contribution is 2.41. The smallest absolute Gasteiger partial charge is 0.408 e. The Bertz CT molecular complexity index is 1050. The molecule has 0 unspecified atom stereocenters. The average molecular weight is 518 g/mol. The van der Waals surface area contributed by atoms with Crippen LogP contribution in [-0.2, 0) is 25.4 Å². The monoisotopic (exact) mass is 517 g/mol. The summed E-state index contributed by atoms with van der Waals surface area (Å²) in [6.07, 6.45) is -0.271. The van der Waals surface area contributed by atoms with Gasteiger partial charge < -0.3 is 25.0 Å². The summed E-state index contributed by atoms with van der Waals surface area (Å²) < 4.78 is 10.9. The summed E-state index contributed by atoms with van der Waals surface area (Å²) in [6.45, 7) is 12.7. The molecule has 36 heavy (non-hydrogen) atoms. The van der Waals surface area contributed by atoms with Gasteiger partial charge in [0, 0.05) is 17.1 Å². The summed E-state index contributed by atoms with van der Waals surface area (Å²) in [5.74, 6) is 0.696. The van der Waals surface area contributed by atoms with Gasteiger partial charge in [-0.3, -0.25) is 0 Å². The van der Waals surface area contributed by atoms with Crippen molar-refractivity contribution in [2.24, 2.45) is 0 Å². The number of rotatable bonds is 10.